The molecule has 25 heavy (non-hydrogen) atoms. The summed E-state index contributed by atoms with van der Waals surface area (Å²) in [4.78, 5) is 10.3. The SMILES string of the molecule is CC(C#N)Oc1cc(Oc2ccc(C(F)(F)F)cc2)ccc1[N+](=O)[O-]. The average Bonchev–Trinajstić information content (AvgIpc) is 2.54. The molecule has 6 nitrogen and oxygen atoms in total. The zero-order valence-electron chi connectivity index (χ0n) is 12.8. The van der Waals surface area contributed by atoms with Crippen LogP contribution in [0.4, 0.5) is 18.9 Å². The molecule has 2 aromatic rings. The normalized spacial score (nSPS) is 12.1. The summed E-state index contributed by atoms with van der Waals surface area (Å²) in [5, 5.41) is 19.7. The van der Waals surface area contributed by atoms with Gasteiger partial charge in [0.15, 0.2) is 6.10 Å². The van der Waals surface area contributed by atoms with Gasteiger partial charge in [-0.15, -0.1) is 0 Å². The van der Waals surface area contributed by atoms with E-state index < -0.39 is 22.8 Å². The fourth-order valence-corrected chi connectivity index (χ4v) is 1.87. The Bertz CT molecular complexity index is 814. The van der Waals surface area contributed by atoms with Crippen molar-refractivity contribution >= 4 is 5.69 Å². The second kappa shape index (κ2) is 7.09. The van der Waals surface area contributed by atoms with Gasteiger partial charge in [0.2, 0.25) is 5.75 Å². The van der Waals surface area contributed by atoms with Crippen molar-refractivity contribution in [2.75, 3.05) is 0 Å². The summed E-state index contributed by atoms with van der Waals surface area (Å²) in [6.07, 6.45) is -5.39. The van der Waals surface area contributed by atoms with Crippen LogP contribution in [0.25, 0.3) is 0 Å². The van der Waals surface area contributed by atoms with E-state index in [2.05, 4.69) is 0 Å². The van der Waals surface area contributed by atoms with Crippen molar-refractivity contribution in [3.8, 4) is 23.3 Å². The fraction of sp³-hybridized carbons (Fsp3) is 0.188. The number of nitro benzene ring substituents is 1. The molecule has 0 spiro atoms. The molecule has 0 saturated carbocycles. The zero-order chi connectivity index (χ0) is 18.6. The van der Waals surface area contributed by atoms with Gasteiger partial charge in [-0.25, -0.2) is 0 Å². The molecule has 0 amide bonds. The van der Waals surface area contributed by atoms with E-state index in [0.717, 1.165) is 30.3 Å². The maximum absolute atomic E-state index is 12.5. The van der Waals surface area contributed by atoms with Crippen LogP contribution in [0.1, 0.15) is 12.5 Å². The minimum Gasteiger partial charge on any atom is -0.469 e. The zero-order valence-corrected chi connectivity index (χ0v) is 12.8. The van der Waals surface area contributed by atoms with Gasteiger partial charge in [-0.1, -0.05) is 0 Å². The molecule has 0 bridgehead atoms. The molecular formula is C16H11F3N2O4. The molecule has 0 saturated heterocycles. The van der Waals surface area contributed by atoms with Crippen LogP contribution in [0.5, 0.6) is 17.2 Å². The summed E-state index contributed by atoms with van der Waals surface area (Å²) in [5.41, 5.74) is -1.18. The Hall–Kier alpha value is -3.28. The number of nitro groups is 1. The number of nitriles is 1. The highest BCUT2D eigenvalue weighted by Crippen LogP contribution is 2.35. The maximum atomic E-state index is 12.5. The second-order valence-corrected chi connectivity index (χ2v) is 4.90. The lowest BCUT2D eigenvalue weighted by Crippen LogP contribution is -2.09. The van der Waals surface area contributed by atoms with Crippen molar-refractivity contribution in [3.05, 3.63) is 58.1 Å². The number of ether oxygens (including phenoxy) is 2. The van der Waals surface area contributed by atoms with Crippen LogP contribution in [-0.4, -0.2) is 11.0 Å². The van der Waals surface area contributed by atoms with Gasteiger partial charge in [-0.3, -0.25) is 10.1 Å². The van der Waals surface area contributed by atoms with E-state index >= 15 is 0 Å². The first-order valence-electron chi connectivity index (χ1n) is 6.90. The molecule has 0 N–H and O–H groups in total. The van der Waals surface area contributed by atoms with Crippen LogP contribution < -0.4 is 9.47 Å². The summed E-state index contributed by atoms with van der Waals surface area (Å²) < 4.78 is 48.1. The summed E-state index contributed by atoms with van der Waals surface area (Å²) in [6.45, 7) is 1.41. The minimum atomic E-state index is -4.46. The monoisotopic (exact) mass is 352 g/mol. The maximum Gasteiger partial charge on any atom is 0.416 e. The van der Waals surface area contributed by atoms with Gasteiger partial charge in [-0.05, 0) is 37.3 Å². The van der Waals surface area contributed by atoms with Gasteiger partial charge in [0.05, 0.1) is 10.5 Å². The molecule has 2 aromatic carbocycles. The third kappa shape index (κ3) is 4.60. The summed E-state index contributed by atoms with van der Waals surface area (Å²) in [5.74, 6) is 0.0510. The minimum absolute atomic E-state index is 0.112. The molecule has 130 valence electrons. The molecule has 1 unspecified atom stereocenters. The Morgan fingerprint density at radius 2 is 1.76 bits per heavy atom. The Labute approximate surface area is 140 Å². The lowest BCUT2D eigenvalue weighted by molar-refractivity contribution is -0.386. The fourth-order valence-electron chi connectivity index (χ4n) is 1.87. The molecule has 0 fully saturated rings. The molecule has 0 radical (unpaired) electrons. The van der Waals surface area contributed by atoms with Gasteiger partial charge in [0, 0.05) is 12.1 Å². The molecule has 9 heteroatoms. The van der Waals surface area contributed by atoms with Crippen molar-refractivity contribution in [2.24, 2.45) is 0 Å². The predicted molar refractivity (Wildman–Crippen MR) is 80.3 cm³/mol. The molecule has 0 aromatic heterocycles. The number of hydrogen-bond donors (Lipinski definition) is 0. The van der Waals surface area contributed by atoms with Gasteiger partial charge in [0.25, 0.3) is 0 Å². The first-order valence-corrected chi connectivity index (χ1v) is 6.90. The number of nitrogens with zero attached hydrogens (tertiary/aromatic N) is 2. The lowest BCUT2D eigenvalue weighted by atomic mass is 10.2. The van der Waals surface area contributed by atoms with Crippen LogP contribution in [0.3, 0.4) is 0 Å². The topological polar surface area (TPSA) is 85.4 Å². The Morgan fingerprint density at radius 3 is 2.28 bits per heavy atom. The molecule has 0 aliphatic heterocycles. The highest BCUT2D eigenvalue weighted by Gasteiger charge is 2.30. The quantitative estimate of drug-likeness (QED) is 0.575. The van der Waals surface area contributed by atoms with E-state index in [1.54, 1.807) is 6.07 Å². The summed E-state index contributed by atoms with van der Waals surface area (Å²) in [6, 6.07) is 9.35. The van der Waals surface area contributed by atoms with E-state index in [0.29, 0.717) is 0 Å². The smallest absolute Gasteiger partial charge is 0.416 e. The van der Waals surface area contributed by atoms with Crippen molar-refractivity contribution in [1.82, 2.24) is 0 Å². The highest BCUT2D eigenvalue weighted by atomic mass is 19.4. The molecule has 0 heterocycles. The number of benzene rings is 2. The van der Waals surface area contributed by atoms with E-state index in [9.17, 15) is 23.3 Å². The number of rotatable bonds is 5. The number of hydrogen-bond acceptors (Lipinski definition) is 5. The average molecular weight is 352 g/mol. The molecule has 2 rings (SSSR count). The van der Waals surface area contributed by atoms with E-state index in [1.165, 1.54) is 19.1 Å². The van der Waals surface area contributed by atoms with Gasteiger partial charge < -0.3 is 9.47 Å². The lowest BCUT2D eigenvalue weighted by Gasteiger charge is -2.11. The van der Waals surface area contributed by atoms with Gasteiger partial charge in [-0.2, -0.15) is 18.4 Å². The van der Waals surface area contributed by atoms with Crippen LogP contribution in [0.15, 0.2) is 42.5 Å². The standard InChI is InChI=1S/C16H11F3N2O4/c1-10(9-20)24-15-8-13(6-7-14(15)21(22)23)25-12-4-2-11(3-5-12)16(17,18)19/h2-8,10H,1H3. The van der Waals surface area contributed by atoms with Crippen molar-refractivity contribution in [3.63, 3.8) is 0 Å². The Balaban J connectivity index is 2.26. The third-order valence-corrected chi connectivity index (χ3v) is 3.03. The molecule has 0 aliphatic carbocycles. The van der Waals surface area contributed by atoms with Gasteiger partial charge >= 0.3 is 11.9 Å². The van der Waals surface area contributed by atoms with Gasteiger partial charge in [0.1, 0.15) is 17.6 Å². The molecule has 1 atom stereocenters. The van der Waals surface area contributed by atoms with E-state index in [1.807, 2.05) is 0 Å². The molecule has 0 aliphatic rings. The highest BCUT2D eigenvalue weighted by molar-refractivity contribution is 5.51. The van der Waals surface area contributed by atoms with E-state index in [-0.39, 0.29) is 22.9 Å². The van der Waals surface area contributed by atoms with E-state index in [4.69, 9.17) is 14.7 Å². The van der Waals surface area contributed by atoms with Crippen LogP contribution in [0.2, 0.25) is 0 Å². The van der Waals surface area contributed by atoms with Crippen LogP contribution in [-0.2, 0) is 6.18 Å². The Kier molecular flexibility index (Phi) is 5.12. The molecular weight excluding hydrogens is 341 g/mol. The van der Waals surface area contributed by atoms with Crippen LogP contribution >= 0.6 is 0 Å². The summed E-state index contributed by atoms with van der Waals surface area (Å²) in [7, 11) is 0. The first kappa shape index (κ1) is 18.1. The van der Waals surface area contributed by atoms with Crippen molar-refractivity contribution in [2.45, 2.75) is 19.2 Å². The van der Waals surface area contributed by atoms with Crippen molar-refractivity contribution in [1.29, 1.82) is 5.26 Å². The number of alkyl halides is 3. The summed E-state index contributed by atoms with van der Waals surface area (Å²) >= 11 is 0. The number of halogens is 3. The van der Waals surface area contributed by atoms with Crippen LogP contribution in [0, 0.1) is 21.4 Å². The second-order valence-electron chi connectivity index (χ2n) is 4.90. The first-order chi connectivity index (χ1) is 11.7. The van der Waals surface area contributed by atoms with Crippen molar-refractivity contribution < 1.29 is 27.6 Å². The third-order valence-electron chi connectivity index (χ3n) is 3.03. The Morgan fingerprint density at radius 1 is 1.16 bits per heavy atom. The predicted octanol–water partition coefficient (Wildman–Crippen LogP) is 4.70. The largest absolute Gasteiger partial charge is 0.469 e.